The molecule has 2 rings (SSSR count). The van der Waals surface area contributed by atoms with Crippen molar-refractivity contribution in [2.75, 3.05) is 6.54 Å². The number of aromatic nitrogens is 2. The molecule has 0 aliphatic rings. The number of thiazole rings is 1. The lowest BCUT2D eigenvalue weighted by molar-refractivity contribution is 0.570. The van der Waals surface area contributed by atoms with Crippen LogP contribution in [0.4, 0.5) is 0 Å². The predicted molar refractivity (Wildman–Crippen MR) is 113 cm³/mol. The Morgan fingerprint density at radius 3 is 2.62 bits per heavy atom. The molecular formula is C17H28IN5S. The van der Waals surface area contributed by atoms with E-state index in [1.165, 1.54) is 5.56 Å². The van der Waals surface area contributed by atoms with Crippen molar-refractivity contribution in [3.8, 4) is 0 Å². The number of hydrogen-bond donors (Lipinski definition) is 2. The van der Waals surface area contributed by atoms with E-state index in [0.29, 0.717) is 13.1 Å². The molecule has 0 bridgehead atoms. The maximum atomic E-state index is 4.71. The summed E-state index contributed by atoms with van der Waals surface area (Å²) in [4.78, 5) is 9.33. The van der Waals surface area contributed by atoms with Gasteiger partial charge in [-0.25, -0.2) is 9.98 Å². The van der Waals surface area contributed by atoms with Crippen molar-refractivity contribution in [2.24, 2.45) is 12.0 Å². The summed E-state index contributed by atoms with van der Waals surface area (Å²) in [6.07, 6.45) is 4.12. The second-order valence-electron chi connectivity index (χ2n) is 6.61. The van der Waals surface area contributed by atoms with Crippen LogP contribution in [0.3, 0.4) is 0 Å². The van der Waals surface area contributed by atoms with Gasteiger partial charge in [-0.2, -0.15) is 0 Å². The van der Waals surface area contributed by atoms with E-state index in [1.54, 1.807) is 11.3 Å². The van der Waals surface area contributed by atoms with E-state index in [9.17, 15) is 0 Å². The number of halogens is 1. The van der Waals surface area contributed by atoms with Crippen molar-refractivity contribution in [3.05, 3.63) is 40.1 Å². The molecular weight excluding hydrogens is 433 g/mol. The van der Waals surface area contributed by atoms with Crippen LogP contribution in [0, 0.1) is 0 Å². The van der Waals surface area contributed by atoms with Gasteiger partial charge >= 0.3 is 0 Å². The van der Waals surface area contributed by atoms with E-state index >= 15 is 0 Å². The van der Waals surface area contributed by atoms with Gasteiger partial charge in [0.2, 0.25) is 0 Å². The molecule has 0 aliphatic carbocycles. The molecule has 0 saturated heterocycles. The molecule has 134 valence electrons. The molecule has 2 N–H and O–H groups in total. The Kier molecular flexibility index (Phi) is 8.21. The van der Waals surface area contributed by atoms with Gasteiger partial charge in [-0.3, -0.25) is 0 Å². The molecule has 2 aromatic rings. The lowest BCUT2D eigenvalue weighted by Crippen LogP contribution is -2.36. The zero-order chi connectivity index (χ0) is 16.9. The Hall–Kier alpha value is -1.09. The Bertz CT molecular complexity index is 654. The molecule has 24 heavy (non-hydrogen) atoms. The monoisotopic (exact) mass is 461 g/mol. The minimum absolute atomic E-state index is 0. The molecule has 2 aromatic heterocycles. The molecule has 2 heterocycles. The smallest absolute Gasteiger partial charge is 0.191 e. The second-order valence-corrected chi connectivity index (χ2v) is 7.55. The van der Waals surface area contributed by atoms with E-state index in [2.05, 4.69) is 61.0 Å². The van der Waals surface area contributed by atoms with Gasteiger partial charge in [0.1, 0.15) is 5.01 Å². The van der Waals surface area contributed by atoms with Crippen molar-refractivity contribution in [1.29, 1.82) is 0 Å². The van der Waals surface area contributed by atoms with Gasteiger partial charge in [-0.15, -0.1) is 35.3 Å². The maximum absolute atomic E-state index is 4.71. The van der Waals surface area contributed by atoms with Crippen molar-refractivity contribution in [2.45, 2.75) is 46.2 Å². The summed E-state index contributed by atoms with van der Waals surface area (Å²) in [6, 6.07) is 2.09. The van der Waals surface area contributed by atoms with E-state index in [-0.39, 0.29) is 29.4 Å². The zero-order valence-electron chi connectivity index (χ0n) is 15.1. The van der Waals surface area contributed by atoms with Crippen LogP contribution >= 0.6 is 35.3 Å². The van der Waals surface area contributed by atoms with Gasteiger partial charge in [-0.05, 0) is 18.6 Å². The molecule has 0 unspecified atom stereocenters. The Balaban J connectivity index is 0.00000288. The lowest BCUT2D eigenvalue weighted by atomic mass is 9.93. The van der Waals surface area contributed by atoms with Crippen molar-refractivity contribution >= 4 is 41.3 Å². The Labute approximate surface area is 166 Å². The zero-order valence-corrected chi connectivity index (χ0v) is 18.2. The average molecular weight is 461 g/mol. The van der Waals surface area contributed by atoms with Gasteiger partial charge in [0.15, 0.2) is 5.96 Å². The molecule has 0 amide bonds. The highest BCUT2D eigenvalue weighted by Gasteiger charge is 2.17. The largest absolute Gasteiger partial charge is 0.357 e. The molecule has 0 radical (unpaired) electrons. The van der Waals surface area contributed by atoms with Crippen LogP contribution in [0.25, 0.3) is 0 Å². The molecule has 0 fully saturated rings. The molecule has 7 heteroatoms. The summed E-state index contributed by atoms with van der Waals surface area (Å²) >= 11 is 1.69. The van der Waals surface area contributed by atoms with Crippen LogP contribution in [0.15, 0.2) is 28.8 Å². The highest BCUT2D eigenvalue weighted by molar-refractivity contribution is 14.0. The van der Waals surface area contributed by atoms with Crippen LogP contribution in [0.1, 0.15) is 44.0 Å². The summed E-state index contributed by atoms with van der Waals surface area (Å²) in [5.74, 6) is 0.823. The fourth-order valence-corrected chi connectivity index (χ4v) is 3.02. The number of guanidine groups is 1. The number of aryl methyl sites for hydroxylation is 1. The number of hydrogen-bond acceptors (Lipinski definition) is 3. The lowest BCUT2D eigenvalue weighted by Gasteiger charge is -2.14. The number of nitrogens with zero attached hydrogens (tertiary/aromatic N) is 3. The molecule has 0 aromatic carbocycles. The SMILES string of the molecule is CCNC(=NCc1ccn(C)c1)NCc1nc(C(C)(C)C)cs1.I. The van der Waals surface area contributed by atoms with Crippen molar-refractivity contribution in [1.82, 2.24) is 20.2 Å². The number of nitrogens with one attached hydrogen (secondary N) is 2. The summed E-state index contributed by atoms with van der Waals surface area (Å²) in [6.45, 7) is 10.8. The molecule has 0 atom stereocenters. The van der Waals surface area contributed by atoms with Crippen LogP contribution in [0.5, 0.6) is 0 Å². The Morgan fingerprint density at radius 2 is 2.08 bits per heavy atom. The summed E-state index contributed by atoms with van der Waals surface area (Å²) in [5.41, 5.74) is 2.44. The summed E-state index contributed by atoms with van der Waals surface area (Å²) < 4.78 is 2.04. The third kappa shape index (κ3) is 6.43. The molecule has 0 saturated carbocycles. The second kappa shape index (κ2) is 9.41. The molecule has 5 nitrogen and oxygen atoms in total. The van der Waals surface area contributed by atoms with Gasteiger partial charge in [-0.1, -0.05) is 20.8 Å². The summed E-state index contributed by atoms with van der Waals surface area (Å²) in [5, 5.41) is 9.86. The van der Waals surface area contributed by atoms with Gasteiger partial charge in [0, 0.05) is 36.8 Å². The first-order valence-corrected chi connectivity index (χ1v) is 8.84. The summed E-state index contributed by atoms with van der Waals surface area (Å²) in [7, 11) is 2.02. The minimum atomic E-state index is 0. The van der Waals surface area contributed by atoms with Crippen LogP contribution in [0.2, 0.25) is 0 Å². The van der Waals surface area contributed by atoms with Crippen molar-refractivity contribution < 1.29 is 0 Å². The Morgan fingerprint density at radius 1 is 1.33 bits per heavy atom. The highest BCUT2D eigenvalue weighted by Crippen LogP contribution is 2.23. The topological polar surface area (TPSA) is 54.2 Å². The first-order valence-electron chi connectivity index (χ1n) is 7.96. The third-order valence-corrected chi connectivity index (χ3v) is 4.23. The van der Waals surface area contributed by atoms with Gasteiger partial charge in [0.05, 0.1) is 18.8 Å². The van der Waals surface area contributed by atoms with E-state index in [0.717, 1.165) is 23.2 Å². The van der Waals surface area contributed by atoms with Crippen LogP contribution in [-0.4, -0.2) is 22.1 Å². The standard InChI is InChI=1S/C17H27N5S.HI/c1-6-18-16(19-9-13-7-8-22(5)11-13)20-10-15-21-14(12-23-15)17(2,3)4;/h7-8,11-12H,6,9-10H2,1-5H3,(H2,18,19,20);1H. The number of aliphatic imine (C=N–C) groups is 1. The number of rotatable bonds is 5. The average Bonchev–Trinajstić information content (AvgIpc) is 3.10. The van der Waals surface area contributed by atoms with Crippen LogP contribution in [-0.2, 0) is 25.6 Å². The van der Waals surface area contributed by atoms with E-state index in [4.69, 9.17) is 4.98 Å². The fourth-order valence-electron chi connectivity index (χ4n) is 2.06. The van der Waals surface area contributed by atoms with Crippen LogP contribution < -0.4 is 10.6 Å². The van der Waals surface area contributed by atoms with E-state index in [1.807, 2.05) is 17.8 Å². The maximum Gasteiger partial charge on any atom is 0.191 e. The minimum Gasteiger partial charge on any atom is -0.357 e. The van der Waals surface area contributed by atoms with E-state index < -0.39 is 0 Å². The first kappa shape index (κ1) is 21.0. The van der Waals surface area contributed by atoms with Crippen molar-refractivity contribution in [3.63, 3.8) is 0 Å². The highest BCUT2D eigenvalue weighted by atomic mass is 127. The molecule has 0 spiro atoms. The third-order valence-electron chi connectivity index (χ3n) is 3.38. The predicted octanol–water partition coefficient (Wildman–Crippen LogP) is 3.65. The van der Waals surface area contributed by atoms with Gasteiger partial charge in [0.25, 0.3) is 0 Å². The first-order chi connectivity index (χ1) is 10.9. The quantitative estimate of drug-likeness (QED) is 0.406. The normalized spacial score (nSPS) is 12.0. The fraction of sp³-hybridized carbons (Fsp3) is 0.529. The molecule has 0 aliphatic heterocycles. The van der Waals surface area contributed by atoms with Gasteiger partial charge < -0.3 is 15.2 Å².